The quantitative estimate of drug-likeness (QED) is 0.577. The second-order valence-corrected chi connectivity index (χ2v) is 11.9. The molecule has 1 fully saturated rings. The fraction of sp³-hybridized carbons (Fsp3) is 0.667. The van der Waals surface area contributed by atoms with Gasteiger partial charge in [0.1, 0.15) is 0 Å². The molecule has 0 bridgehead atoms. The Kier molecular flexibility index (Phi) is 4.89. The fourth-order valence-corrected chi connectivity index (χ4v) is 10.4. The van der Waals surface area contributed by atoms with Crippen molar-refractivity contribution in [2.45, 2.75) is 70.1 Å². The largest absolute Gasteiger partial charge is 0.0685 e. The molecule has 4 unspecified atom stereocenters. The molecular formula is C18H30Si. The average molecular weight is 275 g/mol. The summed E-state index contributed by atoms with van der Waals surface area (Å²) in [5.41, 5.74) is 3.51. The zero-order valence-corrected chi connectivity index (χ0v) is 14.2. The maximum absolute atomic E-state index is 2.70. The second kappa shape index (κ2) is 6.26. The number of benzene rings is 1. The highest BCUT2D eigenvalue weighted by molar-refractivity contribution is 6.81. The van der Waals surface area contributed by atoms with Gasteiger partial charge in [0.15, 0.2) is 0 Å². The molecule has 0 nitrogen and oxygen atoms in total. The highest BCUT2D eigenvalue weighted by Gasteiger charge is 2.45. The van der Waals surface area contributed by atoms with Gasteiger partial charge in [-0.1, -0.05) is 89.4 Å². The van der Waals surface area contributed by atoms with Crippen LogP contribution >= 0.6 is 0 Å². The number of hydrogen-bond donors (Lipinski definition) is 0. The van der Waals surface area contributed by atoms with Crippen LogP contribution < -0.4 is 0 Å². The Hall–Kier alpha value is -0.563. The summed E-state index contributed by atoms with van der Waals surface area (Å²) < 4.78 is 0. The van der Waals surface area contributed by atoms with Gasteiger partial charge >= 0.3 is 0 Å². The lowest BCUT2D eigenvalue weighted by molar-refractivity contribution is 0.580. The third-order valence-electron chi connectivity index (χ3n) is 5.88. The van der Waals surface area contributed by atoms with Crippen molar-refractivity contribution in [3.05, 3.63) is 35.9 Å². The molecule has 0 aliphatic heterocycles. The molecule has 0 radical (unpaired) electrons. The van der Waals surface area contributed by atoms with E-state index < -0.39 is 8.07 Å². The fourth-order valence-electron chi connectivity index (χ4n) is 4.66. The Morgan fingerprint density at radius 1 is 1.16 bits per heavy atom. The van der Waals surface area contributed by atoms with Crippen molar-refractivity contribution in [3.63, 3.8) is 0 Å². The van der Waals surface area contributed by atoms with Gasteiger partial charge < -0.3 is 0 Å². The average Bonchev–Trinajstić information content (AvgIpc) is 2.87. The maximum Gasteiger partial charge on any atom is 0.0612 e. The van der Waals surface area contributed by atoms with Gasteiger partial charge in [0.25, 0.3) is 0 Å². The van der Waals surface area contributed by atoms with Crippen molar-refractivity contribution < 1.29 is 0 Å². The van der Waals surface area contributed by atoms with Crippen molar-refractivity contribution in [2.24, 2.45) is 5.92 Å². The first-order chi connectivity index (χ1) is 9.13. The standard InChI is InChI=1S/C18H30Si/c1-5-17(16-12-8-7-9-13-16)19(4,6-2)18-14-10-11-15(18)3/h7-9,12-13,15,17-18H,5-6,10-11,14H2,1-4H3. The summed E-state index contributed by atoms with van der Waals surface area (Å²) in [7, 11) is -1.22. The molecule has 1 aliphatic rings. The molecule has 0 saturated heterocycles. The van der Waals surface area contributed by atoms with E-state index in [-0.39, 0.29) is 0 Å². The summed E-state index contributed by atoms with van der Waals surface area (Å²) in [5.74, 6) is 0.967. The van der Waals surface area contributed by atoms with Crippen LogP contribution in [0.5, 0.6) is 0 Å². The summed E-state index contributed by atoms with van der Waals surface area (Å²) in [6.45, 7) is 10.1. The monoisotopic (exact) mass is 274 g/mol. The predicted octanol–water partition coefficient (Wildman–Crippen LogP) is 6.01. The van der Waals surface area contributed by atoms with Crippen LogP contribution in [0.2, 0.25) is 18.1 Å². The normalized spacial score (nSPS) is 28.0. The van der Waals surface area contributed by atoms with Crippen LogP contribution in [-0.4, -0.2) is 8.07 Å². The maximum atomic E-state index is 2.70. The third kappa shape index (κ3) is 2.81. The van der Waals surface area contributed by atoms with Gasteiger partial charge in [0.05, 0.1) is 8.07 Å². The molecule has 4 atom stereocenters. The summed E-state index contributed by atoms with van der Waals surface area (Å²) >= 11 is 0. The minimum Gasteiger partial charge on any atom is -0.0685 e. The van der Waals surface area contributed by atoms with E-state index in [0.29, 0.717) is 0 Å². The van der Waals surface area contributed by atoms with Crippen molar-refractivity contribution >= 4 is 8.07 Å². The first-order valence-corrected chi connectivity index (χ1v) is 11.0. The Labute approximate surface area is 120 Å². The van der Waals surface area contributed by atoms with E-state index in [0.717, 1.165) is 17.0 Å². The van der Waals surface area contributed by atoms with Crippen molar-refractivity contribution in [1.82, 2.24) is 0 Å². The summed E-state index contributed by atoms with van der Waals surface area (Å²) in [4.78, 5) is 0. The van der Waals surface area contributed by atoms with Crippen LogP contribution in [0.15, 0.2) is 30.3 Å². The van der Waals surface area contributed by atoms with E-state index in [9.17, 15) is 0 Å². The number of rotatable bonds is 5. The molecule has 1 aliphatic carbocycles. The van der Waals surface area contributed by atoms with Gasteiger partial charge in [0.2, 0.25) is 0 Å². The second-order valence-electron chi connectivity index (χ2n) is 6.75. The topological polar surface area (TPSA) is 0 Å². The third-order valence-corrected chi connectivity index (χ3v) is 12.3. The Balaban J connectivity index is 2.32. The highest BCUT2D eigenvalue weighted by Crippen LogP contribution is 2.50. The molecular weight excluding hydrogens is 244 g/mol. The molecule has 1 heteroatoms. The Morgan fingerprint density at radius 2 is 1.84 bits per heavy atom. The minimum absolute atomic E-state index is 0.851. The SMILES string of the molecule is CCC(c1ccccc1)[Si](C)(CC)C1CCCC1C. The van der Waals surface area contributed by atoms with Crippen molar-refractivity contribution in [2.75, 3.05) is 0 Å². The number of hydrogen-bond acceptors (Lipinski definition) is 0. The van der Waals surface area contributed by atoms with Crippen molar-refractivity contribution in [1.29, 1.82) is 0 Å². The van der Waals surface area contributed by atoms with Crippen LogP contribution in [0, 0.1) is 5.92 Å². The highest BCUT2D eigenvalue weighted by atomic mass is 28.3. The molecule has 0 N–H and O–H groups in total. The Bertz CT molecular complexity index is 386. The predicted molar refractivity (Wildman–Crippen MR) is 88.3 cm³/mol. The van der Waals surface area contributed by atoms with Gasteiger partial charge in [0, 0.05) is 0 Å². The lowest BCUT2D eigenvalue weighted by atomic mass is 10.1. The molecule has 1 saturated carbocycles. The zero-order valence-electron chi connectivity index (χ0n) is 13.2. The van der Waals surface area contributed by atoms with Crippen LogP contribution in [0.3, 0.4) is 0 Å². The summed E-state index contributed by atoms with van der Waals surface area (Å²) in [6, 6.07) is 12.8. The Morgan fingerprint density at radius 3 is 2.32 bits per heavy atom. The molecule has 0 aromatic heterocycles. The first-order valence-electron chi connectivity index (χ1n) is 8.18. The van der Waals surface area contributed by atoms with Gasteiger partial charge in [-0.2, -0.15) is 0 Å². The summed E-state index contributed by atoms with van der Waals surface area (Å²) in [6.07, 6.45) is 5.77. The van der Waals surface area contributed by atoms with E-state index in [4.69, 9.17) is 0 Å². The van der Waals surface area contributed by atoms with Gasteiger partial charge in [-0.15, -0.1) is 0 Å². The van der Waals surface area contributed by atoms with Crippen LogP contribution in [0.4, 0.5) is 0 Å². The van der Waals surface area contributed by atoms with Crippen LogP contribution in [0.25, 0.3) is 0 Å². The van der Waals surface area contributed by atoms with E-state index in [2.05, 4.69) is 57.7 Å². The summed E-state index contributed by atoms with van der Waals surface area (Å²) in [5, 5.41) is 0. The molecule has 0 spiro atoms. The molecule has 0 amide bonds. The molecule has 1 aromatic carbocycles. The lowest BCUT2D eigenvalue weighted by Gasteiger charge is -2.42. The lowest BCUT2D eigenvalue weighted by Crippen LogP contribution is -2.43. The molecule has 0 heterocycles. The first kappa shape index (κ1) is 14.8. The molecule has 2 rings (SSSR count). The molecule has 106 valence electrons. The van der Waals surface area contributed by atoms with E-state index >= 15 is 0 Å². The zero-order chi connectivity index (χ0) is 13.9. The van der Waals surface area contributed by atoms with Crippen LogP contribution in [0.1, 0.15) is 57.6 Å². The smallest absolute Gasteiger partial charge is 0.0612 e. The van der Waals surface area contributed by atoms with E-state index in [1.54, 1.807) is 5.56 Å². The van der Waals surface area contributed by atoms with Gasteiger partial charge in [-0.05, 0) is 22.6 Å². The van der Waals surface area contributed by atoms with E-state index in [1.807, 2.05) is 0 Å². The van der Waals surface area contributed by atoms with Gasteiger partial charge in [-0.3, -0.25) is 0 Å². The van der Waals surface area contributed by atoms with Crippen LogP contribution in [-0.2, 0) is 0 Å². The molecule has 1 aromatic rings. The van der Waals surface area contributed by atoms with E-state index in [1.165, 1.54) is 31.7 Å². The molecule has 19 heavy (non-hydrogen) atoms. The van der Waals surface area contributed by atoms with Crippen molar-refractivity contribution in [3.8, 4) is 0 Å². The van der Waals surface area contributed by atoms with Gasteiger partial charge in [-0.25, -0.2) is 0 Å². The minimum atomic E-state index is -1.22.